The van der Waals surface area contributed by atoms with Gasteiger partial charge in [-0.25, -0.2) is 4.98 Å². The van der Waals surface area contributed by atoms with Crippen LogP contribution in [0.1, 0.15) is 47.8 Å². The molecule has 0 N–H and O–H groups in total. The second-order valence-corrected chi connectivity index (χ2v) is 6.84. The van der Waals surface area contributed by atoms with E-state index in [9.17, 15) is 4.79 Å². The highest BCUT2D eigenvalue weighted by atomic mass is 16.5. The largest absolute Gasteiger partial charge is 0.381 e. The number of hydrogen-bond acceptors (Lipinski definition) is 4. The van der Waals surface area contributed by atoms with Crippen molar-refractivity contribution in [2.75, 3.05) is 31.2 Å². The zero-order valence-electron chi connectivity index (χ0n) is 12.7. The molecule has 2 aliphatic heterocycles. The van der Waals surface area contributed by atoms with Gasteiger partial charge in [-0.1, -0.05) is 0 Å². The number of ketones is 1. The van der Waals surface area contributed by atoms with Crippen molar-refractivity contribution in [1.29, 1.82) is 0 Å². The van der Waals surface area contributed by atoms with E-state index >= 15 is 0 Å². The molecule has 2 saturated heterocycles. The number of aromatic nitrogens is 1. The molecule has 1 aromatic rings. The van der Waals surface area contributed by atoms with E-state index in [2.05, 4.69) is 11.0 Å². The summed E-state index contributed by atoms with van der Waals surface area (Å²) in [6.07, 6.45) is 5.59. The number of hydrogen-bond donors (Lipinski definition) is 0. The minimum atomic E-state index is 0.139. The minimum absolute atomic E-state index is 0.139. The van der Waals surface area contributed by atoms with E-state index in [1.54, 1.807) is 6.92 Å². The average Bonchev–Trinajstić information content (AvgIpc) is 2.91. The van der Waals surface area contributed by atoms with Gasteiger partial charge < -0.3 is 9.64 Å². The molecule has 0 bridgehead atoms. The Hall–Kier alpha value is -1.42. The Morgan fingerprint density at radius 1 is 1.29 bits per heavy atom. The molecule has 3 heterocycles. The maximum absolute atomic E-state index is 12.0. The summed E-state index contributed by atoms with van der Waals surface area (Å²) in [4.78, 5) is 19.1. The zero-order chi connectivity index (χ0) is 14.4. The van der Waals surface area contributed by atoms with Gasteiger partial charge in [0.15, 0.2) is 5.78 Å². The van der Waals surface area contributed by atoms with Gasteiger partial charge in [-0.3, -0.25) is 4.79 Å². The van der Waals surface area contributed by atoms with Crippen LogP contribution >= 0.6 is 0 Å². The van der Waals surface area contributed by atoms with Crippen molar-refractivity contribution < 1.29 is 9.53 Å². The normalized spacial score (nSPS) is 23.0. The predicted molar refractivity (Wildman–Crippen MR) is 81.0 cm³/mol. The van der Waals surface area contributed by atoms with Gasteiger partial charge in [0.1, 0.15) is 5.82 Å². The molecule has 21 heavy (non-hydrogen) atoms. The fourth-order valence-electron chi connectivity index (χ4n) is 4.00. The molecule has 0 atom stereocenters. The van der Waals surface area contributed by atoms with Crippen LogP contribution in [0, 0.1) is 5.41 Å². The third kappa shape index (κ3) is 2.16. The molecule has 0 unspecified atom stereocenters. The number of aryl methyl sites for hydroxylation is 2. The summed E-state index contributed by atoms with van der Waals surface area (Å²) in [5.41, 5.74) is 3.72. The molecule has 1 spiro atoms. The van der Waals surface area contributed by atoms with Crippen molar-refractivity contribution >= 4 is 11.6 Å². The number of rotatable bonds is 2. The molecule has 4 heteroatoms. The van der Waals surface area contributed by atoms with Gasteiger partial charge in [-0.05, 0) is 50.7 Å². The van der Waals surface area contributed by atoms with Crippen molar-refractivity contribution in [2.45, 2.75) is 39.0 Å². The number of carbonyl (C=O) groups excluding carboxylic acids is 1. The van der Waals surface area contributed by atoms with Crippen LogP contribution in [0.2, 0.25) is 0 Å². The van der Waals surface area contributed by atoms with Gasteiger partial charge >= 0.3 is 0 Å². The van der Waals surface area contributed by atoms with E-state index in [1.165, 1.54) is 17.7 Å². The maximum atomic E-state index is 12.0. The standard InChI is InChI=1S/C17H22N2O2/c1-12(20)14-9-13-3-2-4-15(13)18-16(14)19-10-17(11-19)5-7-21-8-6-17/h9H,2-8,10-11H2,1H3. The summed E-state index contributed by atoms with van der Waals surface area (Å²) in [5.74, 6) is 1.07. The van der Waals surface area contributed by atoms with Crippen molar-refractivity contribution in [2.24, 2.45) is 5.41 Å². The first-order valence-electron chi connectivity index (χ1n) is 8.03. The van der Waals surface area contributed by atoms with Crippen LogP contribution in [-0.4, -0.2) is 37.1 Å². The van der Waals surface area contributed by atoms with Gasteiger partial charge in [0.2, 0.25) is 0 Å². The number of pyridine rings is 1. The Bertz CT molecular complexity index is 583. The molecule has 1 aromatic heterocycles. The molecule has 4 nitrogen and oxygen atoms in total. The monoisotopic (exact) mass is 286 g/mol. The number of ether oxygens (including phenoxy) is 1. The summed E-state index contributed by atoms with van der Waals surface area (Å²) in [5, 5.41) is 0. The lowest BCUT2D eigenvalue weighted by Gasteiger charge is -2.53. The Balaban J connectivity index is 1.62. The maximum Gasteiger partial charge on any atom is 0.163 e. The molecule has 1 aliphatic carbocycles. The third-order valence-electron chi connectivity index (χ3n) is 5.32. The van der Waals surface area contributed by atoms with Crippen molar-refractivity contribution in [1.82, 2.24) is 4.98 Å². The molecule has 0 radical (unpaired) electrons. The molecule has 0 aromatic carbocycles. The summed E-state index contributed by atoms with van der Waals surface area (Å²) >= 11 is 0. The van der Waals surface area contributed by atoms with Gasteiger partial charge in [0, 0.05) is 37.4 Å². The summed E-state index contributed by atoms with van der Waals surface area (Å²) < 4.78 is 5.48. The molecular formula is C17H22N2O2. The van der Waals surface area contributed by atoms with Crippen LogP contribution in [0.5, 0.6) is 0 Å². The van der Waals surface area contributed by atoms with E-state index in [4.69, 9.17) is 9.72 Å². The molecule has 0 amide bonds. The lowest BCUT2D eigenvalue weighted by Crippen LogP contribution is -2.59. The van der Waals surface area contributed by atoms with Crippen LogP contribution in [0.15, 0.2) is 6.07 Å². The highest BCUT2D eigenvalue weighted by Crippen LogP contribution is 2.43. The van der Waals surface area contributed by atoms with Crippen LogP contribution in [0.4, 0.5) is 5.82 Å². The highest BCUT2D eigenvalue weighted by molar-refractivity contribution is 5.99. The van der Waals surface area contributed by atoms with Crippen molar-refractivity contribution in [3.8, 4) is 0 Å². The van der Waals surface area contributed by atoms with Gasteiger partial charge in [-0.15, -0.1) is 0 Å². The smallest absolute Gasteiger partial charge is 0.163 e. The molecular weight excluding hydrogens is 264 g/mol. The minimum Gasteiger partial charge on any atom is -0.381 e. The lowest BCUT2D eigenvalue weighted by atomic mass is 9.73. The average molecular weight is 286 g/mol. The van der Waals surface area contributed by atoms with E-state index in [0.29, 0.717) is 5.41 Å². The van der Waals surface area contributed by atoms with Gasteiger partial charge in [-0.2, -0.15) is 0 Å². The van der Waals surface area contributed by atoms with Gasteiger partial charge in [0.25, 0.3) is 0 Å². The van der Waals surface area contributed by atoms with E-state index < -0.39 is 0 Å². The molecule has 2 fully saturated rings. The Morgan fingerprint density at radius 2 is 2.05 bits per heavy atom. The second-order valence-electron chi connectivity index (χ2n) is 6.84. The summed E-state index contributed by atoms with van der Waals surface area (Å²) in [7, 11) is 0. The van der Waals surface area contributed by atoms with Gasteiger partial charge in [0.05, 0.1) is 5.56 Å². The fraction of sp³-hybridized carbons (Fsp3) is 0.647. The number of anilines is 1. The topological polar surface area (TPSA) is 42.4 Å². The Morgan fingerprint density at radius 3 is 2.76 bits per heavy atom. The van der Waals surface area contributed by atoms with Crippen LogP contribution in [-0.2, 0) is 17.6 Å². The third-order valence-corrected chi connectivity index (χ3v) is 5.32. The quantitative estimate of drug-likeness (QED) is 0.783. The first-order chi connectivity index (χ1) is 10.2. The molecule has 4 rings (SSSR count). The van der Waals surface area contributed by atoms with Crippen LogP contribution < -0.4 is 4.90 Å². The predicted octanol–water partition coefficient (Wildman–Crippen LogP) is 2.39. The number of nitrogens with zero attached hydrogens (tertiary/aromatic N) is 2. The van der Waals surface area contributed by atoms with E-state index in [1.807, 2.05) is 0 Å². The fourth-order valence-corrected chi connectivity index (χ4v) is 4.00. The second kappa shape index (κ2) is 4.80. The van der Waals surface area contributed by atoms with E-state index in [0.717, 1.165) is 63.4 Å². The van der Waals surface area contributed by atoms with Crippen LogP contribution in [0.25, 0.3) is 0 Å². The Labute approximate surface area is 125 Å². The van der Waals surface area contributed by atoms with Crippen molar-refractivity contribution in [3.63, 3.8) is 0 Å². The Kier molecular flexibility index (Phi) is 3.03. The number of Topliss-reactive ketones (excluding diaryl/α,β-unsaturated/α-hetero) is 1. The molecule has 112 valence electrons. The van der Waals surface area contributed by atoms with E-state index in [-0.39, 0.29) is 5.78 Å². The lowest BCUT2D eigenvalue weighted by molar-refractivity contribution is -0.000519. The highest BCUT2D eigenvalue weighted by Gasteiger charge is 2.45. The molecule has 0 saturated carbocycles. The number of carbonyl (C=O) groups is 1. The summed E-state index contributed by atoms with van der Waals surface area (Å²) in [6, 6.07) is 2.10. The first kappa shape index (κ1) is 13.3. The SMILES string of the molecule is CC(=O)c1cc2c(nc1N1CC3(CCOCC3)C1)CCC2. The first-order valence-corrected chi connectivity index (χ1v) is 8.03. The summed E-state index contributed by atoms with van der Waals surface area (Å²) in [6.45, 7) is 5.48. The number of fused-ring (bicyclic) bond motifs is 1. The molecule has 3 aliphatic rings. The zero-order valence-corrected chi connectivity index (χ0v) is 12.7. The van der Waals surface area contributed by atoms with Crippen molar-refractivity contribution in [3.05, 3.63) is 22.9 Å². The van der Waals surface area contributed by atoms with Crippen LogP contribution in [0.3, 0.4) is 0 Å².